The fourth-order valence-corrected chi connectivity index (χ4v) is 4.06. The van der Waals surface area contributed by atoms with E-state index in [-0.39, 0.29) is 11.1 Å². The van der Waals surface area contributed by atoms with E-state index in [4.69, 9.17) is 9.47 Å². The number of ether oxygens (including phenoxy) is 2. The number of nitrogens with one attached hydrogen (secondary N) is 1. The van der Waals surface area contributed by atoms with Crippen LogP contribution < -0.4 is 15.0 Å². The Hall–Kier alpha value is -2.74. The number of hydrogen-bond acceptors (Lipinski definition) is 4. The molecule has 0 aliphatic carbocycles. The number of aromatic nitrogens is 1. The third-order valence-corrected chi connectivity index (χ3v) is 6.05. The molecule has 186 valence electrons. The first kappa shape index (κ1) is 27.5. The number of pyridine rings is 1. The van der Waals surface area contributed by atoms with E-state index < -0.39 is 0 Å². The molecule has 1 N–H and O–H groups in total. The second-order valence-electron chi connectivity index (χ2n) is 9.08. The van der Waals surface area contributed by atoms with E-state index in [9.17, 15) is 10.1 Å². The summed E-state index contributed by atoms with van der Waals surface area (Å²) in [5, 5.41) is 9.53. The van der Waals surface area contributed by atoms with Crippen LogP contribution in [0.5, 0.6) is 11.5 Å². The first-order valence-corrected chi connectivity index (χ1v) is 13.1. The molecule has 0 aliphatic rings. The van der Waals surface area contributed by atoms with Gasteiger partial charge < -0.3 is 14.5 Å². The van der Waals surface area contributed by atoms with Crippen molar-refractivity contribution in [1.29, 1.82) is 5.26 Å². The Bertz CT molecular complexity index is 959. The summed E-state index contributed by atoms with van der Waals surface area (Å²) >= 11 is 0. The van der Waals surface area contributed by atoms with Crippen LogP contribution in [-0.4, -0.2) is 18.2 Å². The van der Waals surface area contributed by atoms with Gasteiger partial charge in [0.1, 0.15) is 11.6 Å². The fraction of sp³-hybridized carbons (Fsp3) is 0.586. The highest BCUT2D eigenvalue weighted by Gasteiger charge is 2.14. The van der Waals surface area contributed by atoms with Crippen LogP contribution in [-0.2, 0) is 0 Å². The highest BCUT2D eigenvalue weighted by molar-refractivity contribution is 5.72. The minimum absolute atomic E-state index is 0.119. The smallest absolute Gasteiger partial charge is 0.266 e. The van der Waals surface area contributed by atoms with E-state index in [1.807, 2.05) is 37.3 Å². The minimum Gasteiger partial charge on any atom is -0.490 e. The number of rotatable bonds is 17. The second kappa shape index (κ2) is 16.0. The van der Waals surface area contributed by atoms with E-state index in [0.29, 0.717) is 24.5 Å². The quantitative estimate of drug-likeness (QED) is 0.242. The Morgan fingerprint density at radius 1 is 0.794 bits per heavy atom. The molecule has 0 atom stereocenters. The molecule has 5 nitrogen and oxygen atoms in total. The van der Waals surface area contributed by atoms with Crippen molar-refractivity contribution < 1.29 is 9.47 Å². The van der Waals surface area contributed by atoms with E-state index in [1.54, 1.807) is 0 Å². The monoisotopic (exact) mass is 466 g/mol. The lowest BCUT2D eigenvalue weighted by Crippen LogP contribution is -2.12. The molecule has 0 saturated heterocycles. The number of nitriles is 1. The molecule has 0 amide bonds. The van der Waals surface area contributed by atoms with Crippen LogP contribution in [0.15, 0.2) is 29.1 Å². The lowest BCUT2D eigenvalue weighted by Gasteiger charge is -2.15. The molecule has 5 heteroatoms. The summed E-state index contributed by atoms with van der Waals surface area (Å²) in [5.74, 6) is 1.40. The number of aryl methyl sites for hydroxylation is 1. The predicted octanol–water partition coefficient (Wildman–Crippen LogP) is 7.70. The SMILES string of the molecule is CCCCCCCCOc1ccc(-c2cc(C)[nH]c(=O)c2C#N)cc1OCCCCCCCC. The molecule has 34 heavy (non-hydrogen) atoms. The van der Waals surface area contributed by atoms with Gasteiger partial charge in [0.25, 0.3) is 5.56 Å². The fourth-order valence-electron chi connectivity index (χ4n) is 4.06. The zero-order valence-corrected chi connectivity index (χ0v) is 21.4. The molecule has 0 fully saturated rings. The van der Waals surface area contributed by atoms with Gasteiger partial charge in [-0.3, -0.25) is 4.79 Å². The summed E-state index contributed by atoms with van der Waals surface area (Å²) in [6.45, 7) is 7.56. The molecule has 2 rings (SSSR count). The van der Waals surface area contributed by atoms with Crippen LogP contribution in [0.2, 0.25) is 0 Å². The first-order valence-electron chi connectivity index (χ1n) is 13.1. The largest absolute Gasteiger partial charge is 0.490 e. The van der Waals surface area contributed by atoms with Gasteiger partial charge >= 0.3 is 0 Å². The molecule has 0 radical (unpaired) electrons. The zero-order valence-electron chi connectivity index (χ0n) is 21.4. The van der Waals surface area contributed by atoms with Crippen molar-refractivity contribution in [3.8, 4) is 28.7 Å². The average molecular weight is 467 g/mol. The highest BCUT2D eigenvalue weighted by Crippen LogP contribution is 2.34. The van der Waals surface area contributed by atoms with Gasteiger partial charge in [0.15, 0.2) is 11.5 Å². The van der Waals surface area contributed by atoms with Crippen molar-refractivity contribution in [2.45, 2.75) is 97.8 Å². The second-order valence-corrected chi connectivity index (χ2v) is 9.08. The third kappa shape index (κ3) is 9.25. The molecule has 0 unspecified atom stereocenters. The van der Waals surface area contributed by atoms with Crippen LogP contribution in [0, 0.1) is 18.3 Å². The minimum atomic E-state index is -0.365. The molecule has 0 saturated carbocycles. The Morgan fingerprint density at radius 2 is 1.35 bits per heavy atom. The lowest BCUT2D eigenvalue weighted by atomic mass is 10.0. The van der Waals surface area contributed by atoms with Gasteiger partial charge in [-0.1, -0.05) is 84.1 Å². The maximum absolute atomic E-state index is 12.3. The summed E-state index contributed by atoms with van der Waals surface area (Å²) < 4.78 is 12.2. The summed E-state index contributed by atoms with van der Waals surface area (Å²) in [5.41, 5.74) is 1.88. The van der Waals surface area contributed by atoms with E-state index in [2.05, 4.69) is 18.8 Å². The Kier molecular flexibility index (Phi) is 12.9. The van der Waals surface area contributed by atoms with Gasteiger partial charge in [-0.05, 0) is 43.5 Å². The van der Waals surface area contributed by atoms with Crippen molar-refractivity contribution in [3.05, 3.63) is 45.9 Å². The number of nitrogens with zero attached hydrogens (tertiary/aromatic N) is 1. The van der Waals surface area contributed by atoms with Crippen LogP contribution in [0.25, 0.3) is 11.1 Å². The number of H-pyrrole nitrogens is 1. The summed E-state index contributed by atoms with van der Waals surface area (Å²) in [6.07, 6.45) is 14.5. The van der Waals surface area contributed by atoms with Crippen molar-refractivity contribution in [1.82, 2.24) is 4.98 Å². The van der Waals surface area contributed by atoms with Crippen molar-refractivity contribution in [2.24, 2.45) is 0 Å². The first-order chi connectivity index (χ1) is 16.6. The molecule has 1 heterocycles. The maximum Gasteiger partial charge on any atom is 0.266 e. The zero-order chi connectivity index (χ0) is 24.6. The molecule has 0 bridgehead atoms. The number of hydrogen-bond donors (Lipinski definition) is 1. The van der Waals surface area contributed by atoms with Crippen molar-refractivity contribution in [2.75, 3.05) is 13.2 Å². The van der Waals surface area contributed by atoms with Crippen molar-refractivity contribution in [3.63, 3.8) is 0 Å². The van der Waals surface area contributed by atoms with Crippen LogP contribution >= 0.6 is 0 Å². The summed E-state index contributed by atoms with van der Waals surface area (Å²) in [7, 11) is 0. The maximum atomic E-state index is 12.3. The molecule has 0 aliphatic heterocycles. The van der Waals surface area contributed by atoms with Gasteiger partial charge in [0.2, 0.25) is 0 Å². The van der Waals surface area contributed by atoms with E-state index in [1.165, 1.54) is 57.8 Å². The lowest BCUT2D eigenvalue weighted by molar-refractivity contribution is 0.258. The number of aromatic amines is 1. The Morgan fingerprint density at radius 3 is 1.94 bits per heavy atom. The van der Waals surface area contributed by atoms with E-state index in [0.717, 1.165) is 36.3 Å². The predicted molar refractivity (Wildman–Crippen MR) is 140 cm³/mol. The number of benzene rings is 1. The summed E-state index contributed by atoms with van der Waals surface area (Å²) in [6, 6.07) is 9.60. The number of unbranched alkanes of at least 4 members (excludes halogenated alkanes) is 10. The van der Waals surface area contributed by atoms with Gasteiger partial charge in [-0.15, -0.1) is 0 Å². The molecular weight excluding hydrogens is 424 g/mol. The van der Waals surface area contributed by atoms with Gasteiger partial charge in [-0.25, -0.2) is 0 Å². The van der Waals surface area contributed by atoms with Crippen molar-refractivity contribution >= 4 is 0 Å². The Labute approximate surface area is 205 Å². The summed E-state index contributed by atoms with van der Waals surface area (Å²) in [4.78, 5) is 15.0. The standard InChI is InChI=1S/C29H42N2O3/c1-4-6-8-10-12-14-18-33-27-17-16-24(25-20-23(3)31-29(32)26(25)22-30)21-28(27)34-19-15-13-11-9-7-5-2/h16-17,20-21H,4-15,18-19H2,1-3H3,(H,31,32). The molecule has 0 spiro atoms. The van der Waals surface area contributed by atoms with Gasteiger partial charge in [-0.2, -0.15) is 5.26 Å². The highest BCUT2D eigenvalue weighted by atomic mass is 16.5. The van der Waals surface area contributed by atoms with Crippen LogP contribution in [0.4, 0.5) is 0 Å². The molecular formula is C29H42N2O3. The molecule has 1 aromatic heterocycles. The topological polar surface area (TPSA) is 75.1 Å². The molecule has 1 aromatic carbocycles. The van der Waals surface area contributed by atoms with Gasteiger partial charge in [0.05, 0.1) is 13.2 Å². The van der Waals surface area contributed by atoms with E-state index >= 15 is 0 Å². The average Bonchev–Trinajstić information content (AvgIpc) is 2.83. The third-order valence-electron chi connectivity index (χ3n) is 6.05. The van der Waals surface area contributed by atoms with Crippen LogP contribution in [0.3, 0.4) is 0 Å². The normalized spacial score (nSPS) is 10.8. The van der Waals surface area contributed by atoms with Crippen LogP contribution in [0.1, 0.15) is 102 Å². The Balaban J connectivity index is 2.10. The van der Waals surface area contributed by atoms with Gasteiger partial charge in [0, 0.05) is 11.3 Å². The molecule has 2 aromatic rings.